The summed E-state index contributed by atoms with van der Waals surface area (Å²) >= 11 is 6.02. The third kappa shape index (κ3) is 3.03. The number of hydrogen-bond donors (Lipinski definition) is 1. The lowest BCUT2D eigenvalue weighted by molar-refractivity contribution is -0.0304. The molecule has 0 aliphatic heterocycles. The van der Waals surface area contributed by atoms with Gasteiger partial charge in [0.1, 0.15) is 0 Å². The van der Waals surface area contributed by atoms with E-state index >= 15 is 0 Å². The van der Waals surface area contributed by atoms with Gasteiger partial charge in [-0.2, -0.15) is 0 Å². The van der Waals surface area contributed by atoms with Gasteiger partial charge in [0, 0.05) is 16.5 Å². The number of aliphatic hydroxyl groups is 1. The van der Waals surface area contributed by atoms with Gasteiger partial charge in [0.05, 0.1) is 6.10 Å². The topological polar surface area (TPSA) is 23.5 Å². The Kier molecular flexibility index (Phi) is 4.78. The molecule has 0 spiro atoms. The Hall–Kier alpha value is -0.570. The fourth-order valence-electron chi connectivity index (χ4n) is 3.64. The number of likely N-dealkylation sites (N-methyl/N-ethyl adjacent to an activating group) is 1. The van der Waals surface area contributed by atoms with Crippen molar-refractivity contribution < 1.29 is 5.11 Å². The van der Waals surface area contributed by atoms with E-state index < -0.39 is 0 Å². The molecule has 1 N–H and O–H groups in total. The second-order valence-electron chi connectivity index (χ2n) is 6.83. The quantitative estimate of drug-likeness (QED) is 0.895. The standard InChI is InChI=1S/C17H26ClNO/c1-12(2)9-16(19(3)4)17(10-15(20)11-17)13-5-7-14(18)8-6-13/h5-8,12,15-16,20H,9-11H2,1-4H3. The molecule has 20 heavy (non-hydrogen) atoms. The summed E-state index contributed by atoms with van der Waals surface area (Å²) in [5.41, 5.74) is 1.38. The van der Waals surface area contributed by atoms with Crippen LogP contribution in [-0.2, 0) is 5.41 Å². The van der Waals surface area contributed by atoms with Gasteiger partial charge in [0.2, 0.25) is 0 Å². The molecule has 2 rings (SSSR count). The zero-order valence-corrected chi connectivity index (χ0v) is 13.7. The summed E-state index contributed by atoms with van der Waals surface area (Å²) in [5, 5.41) is 10.7. The fourth-order valence-corrected chi connectivity index (χ4v) is 3.77. The molecule has 1 aliphatic carbocycles. The number of benzene rings is 1. The highest BCUT2D eigenvalue weighted by molar-refractivity contribution is 6.30. The summed E-state index contributed by atoms with van der Waals surface area (Å²) in [5.74, 6) is 0.643. The predicted octanol–water partition coefficient (Wildman–Crippen LogP) is 3.71. The van der Waals surface area contributed by atoms with Gasteiger partial charge in [0.25, 0.3) is 0 Å². The van der Waals surface area contributed by atoms with E-state index in [-0.39, 0.29) is 11.5 Å². The summed E-state index contributed by atoms with van der Waals surface area (Å²) < 4.78 is 0. The lowest BCUT2D eigenvalue weighted by atomic mass is 9.57. The van der Waals surface area contributed by atoms with Crippen LogP contribution in [0.1, 0.15) is 38.7 Å². The van der Waals surface area contributed by atoms with E-state index in [1.807, 2.05) is 12.1 Å². The smallest absolute Gasteiger partial charge is 0.0558 e. The second kappa shape index (κ2) is 6.05. The Morgan fingerprint density at radius 3 is 2.20 bits per heavy atom. The van der Waals surface area contributed by atoms with Crippen LogP contribution in [0.4, 0.5) is 0 Å². The Labute approximate surface area is 127 Å². The molecule has 1 fully saturated rings. The summed E-state index contributed by atoms with van der Waals surface area (Å²) in [6, 6.07) is 8.64. The maximum absolute atomic E-state index is 9.92. The zero-order chi connectivity index (χ0) is 14.9. The highest BCUT2D eigenvalue weighted by Crippen LogP contribution is 2.49. The molecule has 0 radical (unpaired) electrons. The molecule has 0 saturated heterocycles. The number of nitrogens with zero attached hydrogens (tertiary/aromatic N) is 1. The normalized spacial score (nSPS) is 27.7. The van der Waals surface area contributed by atoms with E-state index in [0.717, 1.165) is 24.3 Å². The monoisotopic (exact) mass is 295 g/mol. The SMILES string of the molecule is CC(C)CC(N(C)C)C1(c2ccc(Cl)cc2)CC(O)C1. The predicted molar refractivity (Wildman–Crippen MR) is 85.3 cm³/mol. The van der Waals surface area contributed by atoms with Crippen LogP contribution in [0.15, 0.2) is 24.3 Å². The minimum Gasteiger partial charge on any atom is -0.393 e. The second-order valence-corrected chi connectivity index (χ2v) is 7.27. The molecule has 1 aromatic carbocycles. The summed E-state index contributed by atoms with van der Waals surface area (Å²) in [4.78, 5) is 2.32. The molecular formula is C17H26ClNO. The maximum atomic E-state index is 9.92. The van der Waals surface area contributed by atoms with Crippen LogP contribution >= 0.6 is 11.6 Å². The maximum Gasteiger partial charge on any atom is 0.0558 e. The van der Waals surface area contributed by atoms with Crippen LogP contribution in [0.2, 0.25) is 5.02 Å². The van der Waals surface area contributed by atoms with Gasteiger partial charge in [0.15, 0.2) is 0 Å². The number of aliphatic hydroxyl groups excluding tert-OH is 1. The number of halogens is 1. The van der Waals surface area contributed by atoms with Crippen LogP contribution in [0.5, 0.6) is 0 Å². The highest BCUT2D eigenvalue weighted by atomic mass is 35.5. The van der Waals surface area contributed by atoms with Gasteiger partial charge in [-0.15, -0.1) is 0 Å². The van der Waals surface area contributed by atoms with Crippen LogP contribution in [0, 0.1) is 5.92 Å². The van der Waals surface area contributed by atoms with Crippen molar-refractivity contribution in [2.75, 3.05) is 14.1 Å². The van der Waals surface area contributed by atoms with Crippen molar-refractivity contribution in [3.05, 3.63) is 34.9 Å². The first-order valence-electron chi connectivity index (χ1n) is 7.45. The molecule has 2 nitrogen and oxygen atoms in total. The summed E-state index contributed by atoms with van der Waals surface area (Å²) in [6.07, 6.45) is 2.68. The Bertz CT molecular complexity index is 435. The molecule has 1 aromatic rings. The van der Waals surface area contributed by atoms with E-state index in [0.29, 0.717) is 12.0 Å². The molecule has 0 heterocycles. The Balaban J connectivity index is 2.35. The molecule has 1 saturated carbocycles. The van der Waals surface area contributed by atoms with E-state index in [1.54, 1.807) is 0 Å². The Morgan fingerprint density at radius 1 is 1.25 bits per heavy atom. The van der Waals surface area contributed by atoms with Crippen molar-refractivity contribution in [1.29, 1.82) is 0 Å². The van der Waals surface area contributed by atoms with Gasteiger partial charge in [-0.05, 0) is 57.0 Å². The van der Waals surface area contributed by atoms with Gasteiger partial charge in [-0.1, -0.05) is 37.6 Å². The average molecular weight is 296 g/mol. The van der Waals surface area contributed by atoms with Gasteiger partial charge in [-0.25, -0.2) is 0 Å². The minimum absolute atomic E-state index is 0.0672. The lowest BCUT2D eigenvalue weighted by Crippen LogP contribution is -2.57. The average Bonchev–Trinajstić information content (AvgIpc) is 2.33. The van der Waals surface area contributed by atoms with Crippen LogP contribution in [0.25, 0.3) is 0 Å². The molecule has 112 valence electrons. The fraction of sp³-hybridized carbons (Fsp3) is 0.647. The molecule has 1 aliphatic rings. The Morgan fingerprint density at radius 2 is 1.80 bits per heavy atom. The van der Waals surface area contributed by atoms with Crippen molar-refractivity contribution in [2.45, 2.75) is 50.7 Å². The third-order valence-electron chi connectivity index (χ3n) is 4.57. The van der Waals surface area contributed by atoms with Crippen molar-refractivity contribution in [1.82, 2.24) is 4.90 Å². The lowest BCUT2D eigenvalue weighted by Gasteiger charge is -2.53. The van der Waals surface area contributed by atoms with Crippen molar-refractivity contribution in [3.63, 3.8) is 0 Å². The first-order valence-corrected chi connectivity index (χ1v) is 7.83. The van der Waals surface area contributed by atoms with Crippen LogP contribution < -0.4 is 0 Å². The summed E-state index contributed by atoms with van der Waals surface area (Å²) in [7, 11) is 4.30. The minimum atomic E-state index is -0.166. The van der Waals surface area contributed by atoms with Gasteiger partial charge in [-0.3, -0.25) is 0 Å². The first-order chi connectivity index (χ1) is 9.35. The van der Waals surface area contributed by atoms with E-state index in [1.165, 1.54) is 5.56 Å². The molecule has 1 atom stereocenters. The van der Waals surface area contributed by atoms with Crippen molar-refractivity contribution in [2.24, 2.45) is 5.92 Å². The number of hydrogen-bond acceptors (Lipinski definition) is 2. The number of rotatable bonds is 5. The largest absolute Gasteiger partial charge is 0.393 e. The van der Waals surface area contributed by atoms with Gasteiger partial charge < -0.3 is 10.0 Å². The first kappa shape index (κ1) is 15.8. The third-order valence-corrected chi connectivity index (χ3v) is 4.83. The highest BCUT2D eigenvalue weighted by Gasteiger charge is 2.51. The van der Waals surface area contributed by atoms with Gasteiger partial charge >= 0.3 is 0 Å². The molecule has 0 bridgehead atoms. The van der Waals surface area contributed by atoms with E-state index in [9.17, 15) is 5.11 Å². The zero-order valence-electron chi connectivity index (χ0n) is 12.9. The molecule has 3 heteroatoms. The van der Waals surface area contributed by atoms with Crippen LogP contribution in [0.3, 0.4) is 0 Å². The van der Waals surface area contributed by atoms with Crippen LogP contribution in [-0.4, -0.2) is 36.2 Å². The van der Waals surface area contributed by atoms with Crippen molar-refractivity contribution in [3.8, 4) is 0 Å². The molecular weight excluding hydrogens is 270 g/mol. The molecule has 0 aromatic heterocycles. The van der Waals surface area contributed by atoms with E-state index in [4.69, 9.17) is 11.6 Å². The molecule has 1 unspecified atom stereocenters. The molecule has 0 amide bonds. The van der Waals surface area contributed by atoms with E-state index in [2.05, 4.69) is 45.0 Å². The van der Waals surface area contributed by atoms with Crippen molar-refractivity contribution >= 4 is 11.6 Å². The summed E-state index contributed by atoms with van der Waals surface area (Å²) in [6.45, 7) is 4.53.